The molecule has 84 valence electrons. The number of rotatable bonds is 1. The Morgan fingerprint density at radius 3 is 2.88 bits per heavy atom. The van der Waals surface area contributed by atoms with Gasteiger partial charge in [-0.05, 0) is 25.1 Å². The van der Waals surface area contributed by atoms with Gasteiger partial charge in [0.2, 0.25) is 0 Å². The molecule has 2 N–H and O–H groups in total. The van der Waals surface area contributed by atoms with E-state index < -0.39 is 17.5 Å². The fraction of sp³-hybridized carbons (Fsp3) is 0.200. The molecule has 0 unspecified atom stereocenters. The summed E-state index contributed by atoms with van der Waals surface area (Å²) >= 11 is 5.73. The molecule has 0 aliphatic carbocycles. The van der Waals surface area contributed by atoms with Crippen LogP contribution in [0.25, 0.3) is 0 Å². The molecule has 16 heavy (non-hydrogen) atoms. The minimum Gasteiger partial charge on any atom is -0.478 e. The number of hydrogen-bond donors (Lipinski definition) is 2. The fourth-order valence-corrected chi connectivity index (χ4v) is 1.51. The van der Waals surface area contributed by atoms with Crippen LogP contribution in [0.3, 0.4) is 0 Å². The molecule has 0 saturated carbocycles. The lowest BCUT2D eigenvalue weighted by Crippen LogP contribution is -2.54. The summed E-state index contributed by atoms with van der Waals surface area (Å²) in [7, 11) is 0. The zero-order valence-corrected chi connectivity index (χ0v) is 9.04. The van der Waals surface area contributed by atoms with Crippen molar-refractivity contribution in [3.8, 4) is 5.75 Å². The molecule has 0 saturated heterocycles. The van der Waals surface area contributed by atoms with Crippen molar-refractivity contribution < 1.29 is 19.4 Å². The average Bonchev–Trinajstić information content (AvgIpc) is 2.20. The Labute approximate surface area is 96.0 Å². The van der Waals surface area contributed by atoms with Crippen molar-refractivity contribution in [2.24, 2.45) is 0 Å². The number of hydrogen-bond acceptors (Lipinski definition) is 3. The van der Waals surface area contributed by atoms with Crippen molar-refractivity contribution in [1.29, 1.82) is 0 Å². The second-order valence-corrected chi connectivity index (χ2v) is 3.97. The number of carboxylic acid groups (broad SMARTS) is 1. The van der Waals surface area contributed by atoms with Gasteiger partial charge >= 0.3 is 5.97 Å². The van der Waals surface area contributed by atoms with Crippen LogP contribution >= 0.6 is 11.6 Å². The highest BCUT2D eigenvalue weighted by molar-refractivity contribution is 6.31. The number of fused-ring (bicyclic) bond motifs is 1. The zero-order valence-electron chi connectivity index (χ0n) is 8.28. The molecule has 2 rings (SSSR count). The molecule has 1 aromatic carbocycles. The maximum Gasteiger partial charge on any atom is 0.357 e. The summed E-state index contributed by atoms with van der Waals surface area (Å²) in [5.74, 6) is -1.78. The number of carboxylic acids is 1. The Morgan fingerprint density at radius 2 is 2.25 bits per heavy atom. The first-order chi connectivity index (χ1) is 7.43. The van der Waals surface area contributed by atoms with Gasteiger partial charge in [0.25, 0.3) is 11.5 Å². The van der Waals surface area contributed by atoms with Crippen LogP contribution in [0.4, 0.5) is 5.69 Å². The predicted molar refractivity (Wildman–Crippen MR) is 56.8 cm³/mol. The highest BCUT2D eigenvalue weighted by Crippen LogP contribution is 2.35. The quantitative estimate of drug-likeness (QED) is 0.731. The maximum atomic E-state index is 11.6. The second kappa shape index (κ2) is 3.38. The van der Waals surface area contributed by atoms with Crippen LogP contribution in [-0.2, 0) is 9.59 Å². The number of carbonyl (C=O) groups is 2. The number of ether oxygens (including phenoxy) is 1. The topological polar surface area (TPSA) is 75.6 Å². The molecule has 1 aliphatic heterocycles. The summed E-state index contributed by atoms with van der Waals surface area (Å²) in [4.78, 5) is 22.5. The maximum absolute atomic E-state index is 11.6. The normalized spacial score (nSPS) is 23.0. The third kappa shape index (κ3) is 1.49. The van der Waals surface area contributed by atoms with Crippen LogP contribution < -0.4 is 10.1 Å². The van der Waals surface area contributed by atoms with E-state index in [-0.39, 0.29) is 5.75 Å². The highest BCUT2D eigenvalue weighted by Gasteiger charge is 2.47. The molecular weight excluding hydrogens is 234 g/mol. The summed E-state index contributed by atoms with van der Waals surface area (Å²) in [6, 6.07) is 4.56. The number of halogens is 1. The summed E-state index contributed by atoms with van der Waals surface area (Å²) in [5, 5.41) is 11.8. The van der Waals surface area contributed by atoms with Crippen LogP contribution in [0.15, 0.2) is 18.2 Å². The van der Waals surface area contributed by atoms with Gasteiger partial charge in [0.1, 0.15) is 5.75 Å². The largest absolute Gasteiger partial charge is 0.478 e. The Kier molecular flexibility index (Phi) is 2.27. The number of nitrogens with one attached hydrogen (secondary N) is 1. The van der Waals surface area contributed by atoms with E-state index in [2.05, 4.69) is 5.32 Å². The van der Waals surface area contributed by atoms with Crippen molar-refractivity contribution in [2.45, 2.75) is 12.5 Å². The monoisotopic (exact) mass is 241 g/mol. The Bertz CT molecular complexity index is 488. The number of anilines is 1. The van der Waals surface area contributed by atoms with Crippen molar-refractivity contribution in [3.63, 3.8) is 0 Å². The molecule has 5 nitrogen and oxygen atoms in total. The number of aliphatic carboxylic acids is 1. The van der Waals surface area contributed by atoms with Gasteiger partial charge in [-0.25, -0.2) is 4.79 Å². The number of amides is 1. The predicted octanol–water partition coefficient (Wildman–Crippen LogP) is 1.51. The van der Waals surface area contributed by atoms with Crippen molar-refractivity contribution in [3.05, 3.63) is 23.2 Å². The summed E-state index contributed by atoms with van der Waals surface area (Å²) in [5.41, 5.74) is -1.53. The van der Waals surface area contributed by atoms with E-state index in [1.165, 1.54) is 19.1 Å². The van der Waals surface area contributed by atoms with E-state index in [1.807, 2.05) is 0 Å². The summed E-state index contributed by atoms with van der Waals surface area (Å²) < 4.78 is 5.18. The third-order valence-corrected chi connectivity index (χ3v) is 2.58. The minimum absolute atomic E-state index is 0.286. The van der Waals surface area contributed by atoms with Gasteiger partial charge in [-0.3, -0.25) is 4.79 Å². The van der Waals surface area contributed by atoms with Gasteiger partial charge in [-0.15, -0.1) is 0 Å². The van der Waals surface area contributed by atoms with Crippen LogP contribution in [0.1, 0.15) is 6.92 Å². The third-order valence-electron chi connectivity index (χ3n) is 2.35. The van der Waals surface area contributed by atoms with E-state index in [4.69, 9.17) is 21.4 Å². The summed E-state index contributed by atoms with van der Waals surface area (Å²) in [6.07, 6.45) is 0. The van der Waals surface area contributed by atoms with Gasteiger partial charge < -0.3 is 15.2 Å². The molecule has 0 bridgehead atoms. The van der Waals surface area contributed by atoms with Gasteiger partial charge in [0, 0.05) is 5.02 Å². The molecule has 0 fully saturated rings. The van der Waals surface area contributed by atoms with Gasteiger partial charge in [-0.2, -0.15) is 0 Å². The van der Waals surface area contributed by atoms with E-state index in [9.17, 15) is 9.59 Å². The van der Waals surface area contributed by atoms with Crippen molar-refractivity contribution in [1.82, 2.24) is 0 Å². The first-order valence-corrected chi connectivity index (χ1v) is 4.85. The molecule has 0 aromatic heterocycles. The molecular formula is C10H8ClNO4. The Hall–Kier alpha value is -1.75. The zero-order chi connectivity index (χ0) is 11.9. The fourth-order valence-electron chi connectivity index (χ4n) is 1.34. The number of carbonyl (C=O) groups excluding carboxylic acids is 1. The Morgan fingerprint density at radius 1 is 1.56 bits per heavy atom. The minimum atomic E-state index is -1.90. The van der Waals surface area contributed by atoms with Gasteiger partial charge in [-0.1, -0.05) is 11.6 Å². The van der Waals surface area contributed by atoms with Crippen molar-refractivity contribution >= 4 is 29.2 Å². The van der Waals surface area contributed by atoms with E-state index in [1.54, 1.807) is 6.07 Å². The first-order valence-electron chi connectivity index (χ1n) is 4.47. The lowest BCUT2D eigenvalue weighted by Gasteiger charge is -2.31. The lowest BCUT2D eigenvalue weighted by molar-refractivity contribution is -0.159. The van der Waals surface area contributed by atoms with E-state index >= 15 is 0 Å². The van der Waals surface area contributed by atoms with Crippen LogP contribution in [0, 0.1) is 0 Å². The molecule has 1 amide bonds. The molecule has 6 heteroatoms. The molecule has 1 aliphatic rings. The SMILES string of the molecule is C[C@@]1(C(=O)O)Oc2ccc(Cl)cc2NC1=O. The average molecular weight is 242 g/mol. The van der Waals surface area contributed by atoms with Gasteiger partial charge in [0.15, 0.2) is 0 Å². The molecule has 0 radical (unpaired) electrons. The van der Waals surface area contributed by atoms with Gasteiger partial charge in [0.05, 0.1) is 5.69 Å². The standard InChI is InChI=1S/C10H8ClNO4/c1-10(9(14)15)8(13)12-6-4-5(11)2-3-7(6)16-10/h2-4H,1H3,(H,12,13)(H,14,15)/t10-/m1/s1. The van der Waals surface area contributed by atoms with E-state index in [0.29, 0.717) is 10.7 Å². The Balaban J connectivity index is 2.47. The number of benzene rings is 1. The van der Waals surface area contributed by atoms with Crippen LogP contribution in [0.2, 0.25) is 5.02 Å². The summed E-state index contributed by atoms with van der Waals surface area (Å²) in [6.45, 7) is 1.20. The van der Waals surface area contributed by atoms with Crippen molar-refractivity contribution in [2.75, 3.05) is 5.32 Å². The smallest absolute Gasteiger partial charge is 0.357 e. The first kappa shape index (κ1) is 10.8. The molecule has 1 atom stereocenters. The van der Waals surface area contributed by atoms with E-state index in [0.717, 1.165) is 0 Å². The van der Waals surface area contributed by atoms with Crippen LogP contribution in [0.5, 0.6) is 5.75 Å². The molecule has 0 spiro atoms. The second-order valence-electron chi connectivity index (χ2n) is 3.54. The molecule has 1 heterocycles. The lowest BCUT2D eigenvalue weighted by atomic mass is 10.0. The van der Waals surface area contributed by atoms with Crippen LogP contribution in [-0.4, -0.2) is 22.6 Å². The molecule has 1 aromatic rings. The highest BCUT2D eigenvalue weighted by atomic mass is 35.5.